The lowest BCUT2D eigenvalue weighted by molar-refractivity contribution is 0.175. The van der Waals surface area contributed by atoms with Gasteiger partial charge in [-0.2, -0.15) is 0 Å². The van der Waals surface area contributed by atoms with Gasteiger partial charge in [-0.15, -0.1) is 24.8 Å². The van der Waals surface area contributed by atoms with Crippen LogP contribution in [0.4, 0.5) is 5.69 Å². The smallest absolute Gasteiger partial charge is 0.164 e. The number of ether oxygens (including phenoxy) is 2. The molecule has 6 heteroatoms. The van der Waals surface area contributed by atoms with Gasteiger partial charge in [0.05, 0.1) is 14.2 Å². The van der Waals surface area contributed by atoms with Gasteiger partial charge >= 0.3 is 0 Å². The highest BCUT2D eigenvalue weighted by molar-refractivity contribution is 5.85. The quantitative estimate of drug-likeness (QED) is 0.288. The summed E-state index contributed by atoms with van der Waals surface area (Å²) < 4.78 is 11.2. The molecule has 35 heavy (non-hydrogen) atoms. The number of methoxy groups -OCH3 is 2. The molecule has 0 fully saturated rings. The van der Waals surface area contributed by atoms with E-state index >= 15 is 0 Å². The topological polar surface area (TPSA) is 24.9 Å². The van der Waals surface area contributed by atoms with Crippen molar-refractivity contribution in [3.63, 3.8) is 0 Å². The van der Waals surface area contributed by atoms with Gasteiger partial charge < -0.3 is 19.3 Å². The van der Waals surface area contributed by atoms with Crippen LogP contribution in [0, 0.1) is 0 Å². The van der Waals surface area contributed by atoms with E-state index in [0.29, 0.717) is 6.04 Å². The van der Waals surface area contributed by atoms with Crippen LogP contribution < -0.4 is 14.4 Å². The van der Waals surface area contributed by atoms with Crippen LogP contribution in [0.5, 0.6) is 11.5 Å². The third-order valence-electron chi connectivity index (χ3n) is 7.56. The highest BCUT2D eigenvalue weighted by Crippen LogP contribution is 2.38. The molecule has 1 atom stereocenters. The Kier molecular flexibility index (Phi) is 12.5. The average molecular weight is 524 g/mol. The summed E-state index contributed by atoms with van der Waals surface area (Å²) in [6.07, 6.45) is 11.2. The number of benzene rings is 2. The predicted octanol–water partition coefficient (Wildman–Crippen LogP) is 6.74. The molecule has 0 bridgehead atoms. The second-order valence-corrected chi connectivity index (χ2v) is 9.65. The largest absolute Gasteiger partial charge is 0.493 e. The van der Waals surface area contributed by atoms with Crippen LogP contribution in [0.2, 0.25) is 0 Å². The molecule has 0 saturated carbocycles. The van der Waals surface area contributed by atoms with Crippen LogP contribution in [0.15, 0.2) is 36.4 Å². The van der Waals surface area contributed by atoms with E-state index < -0.39 is 0 Å². The van der Waals surface area contributed by atoms with Gasteiger partial charge in [-0.3, -0.25) is 0 Å². The van der Waals surface area contributed by atoms with Crippen molar-refractivity contribution in [3.8, 4) is 11.5 Å². The Bertz CT molecular complexity index is 908. The maximum absolute atomic E-state index is 5.69. The fourth-order valence-corrected chi connectivity index (χ4v) is 5.85. The predicted molar refractivity (Wildman–Crippen MR) is 153 cm³/mol. The third kappa shape index (κ3) is 7.21. The summed E-state index contributed by atoms with van der Waals surface area (Å²) in [4.78, 5) is 5.35. The summed E-state index contributed by atoms with van der Waals surface area (Å²) in [7, 11) is 3.49. The molecule has 196 valence electrons. The fourth-order valence-electron chi connectivity index (χ4n) is 5.85. The number of fused-ring (bicyclic) bond motifs is 2. The number of hydrogen-bond donors (Lipinski definition) is 0. The van der Waals surface area contributed by atoms with E-state index in [1.807, 2.05) is 0 Å². The van der Waals surface area contributed by atoms with E-state index in [1.165, 1.54) is 93.5 Å². The SMILES string of the molecule is CCCN(CCCCCCN1CCc2ccccc21)[C@H]1CCc2c(ccc(OC)c2OC)C1.Cl.Cl. The Balaban J connectivity index is 0.00000216. The van der Waals surface area contributed by atoms with Gasteiger partial charge in [-0.25, -0.2) is 0 Å². The van der Waals surface area contributed by atoms with E-state index in [-0.39, 0.29) is 24.8 Å². The first-order valence-corrected chi connectivity index (χ1v) is 13.0. The van der Waals surface area contributed by atoms with Crippen molar-refractivity contribution in [3.05, 3.63) is 53.1 Å². The molecule has 0 unspecified atom stereocenters. The first-order valence-electron chi connectivity index (χ1n) is 13.0. The molecule has 1 aliphatic heterocycles. The molecule has 2 aromatic rings. The summed E-state index contributed by atoms with van der Waals surface area (Å²) in [5.74, 6) is 1.80. The zero-order valence-corrected chi connectivity index (χ0v) is 23.4. The van der Waals surface area contributed by atoms with Crippen LogP contribution in [-0.4, -0.2) is 51.3 Å². The number of hydrogen-bond acceptors (Lipinski definition) is 4. The van der Waals surface area contributed by atoms with E-state index in [9.17, 15) is 0 Å². The van der Waals surface area contributed by atoms with Crippen molar-refractivity contribution in [1.82, 2.24) is 4.90 Å². The van der Waals surface area contributed by atoms with Crippen LogP contribution in [0.3, 0.4) is 0 Å². The molecule has 2 aliphatic rings. The molecular weight excluding hydrogens is 479 g/mol. The Hall–Kier alpha value is -1.62. The third-order valence-corrected chi connectivity index (χ3v) is 7.56. The lowest BCUT2D eigenvalue weighted by Crippen LogP contribution is -2.40. The molecule has 0 radical (unpaired) electrons. The van der Waals surface area contributed by atoms with Crippen LogP contribution in [-0.2, 0) is 19.3 Å². The lowest BCUT2D eigenvalue weighted by atomic mass is 9.86. The Morgan fingerprint density at radius 1 is 0.886 bits per heavy atom. The number of anilines is 1. The molecule has 0 amide bonds. The minimum Gasteiger partial charge on any atom is -0.493 e. The molecule has 1 aliphatic carbocycles. The van der Waals surface area contributed by atoms with Gasteiger partial charge in [-0.05, 0) is 81.3 Å². The number of halogens is 2. The lowest BCUT2D eigenvalue weighted by Gasteiger charge is -2.36. The van der Waals surface area contributed by atoms with Crippen LogP contribution in [0.25, 0.3) is 0 Å². The molecular formula is C29H44Cl2N2O2. The summed E-state index contributed by atoms with van der Waals surface area (Å²) in [6.45, 7) is 7.15. The molecule has 0 spiro atoms. The zero-order chi connectivity index (χ0) is 23.0. The average Bonchev–Trinajstić information content (AvgIpc) is 3.27. The van der Waals surface area contributed by atoms with Gasteiger partial charge in [0.2, 0.25) is 0 Å². The molecule has 0 N–H and O–H groups in total. The number of rotatable bonds is 12. The highest BCUT2D eigenvalue weighted by Gasteiger charge is 2.27. The van der Waals surface area contributed by atoms with Gasteiger partial charge in [0.1, 0.15) is 0 Å². The maximum Gasteiger partial charge on any atom is 0.164 e. The maximum atomic E-state index is 5.69. The van der Waals surface area contributed by atoms with Gasteiger partial charge in [0.25, 0.3) is 0 Å². The number of unbranched alkanes of at least 4 members (excludes halogenated alkanes) is 3. The van der Waals surface area contributed by atoms with E-state index in [4.69, 9.17) is 9.47 Å². The Morgan fingerprint density at radius 3 is 2.46 bits per heavy atom. The normalized spacial score (nSPS) is 16.2. The van der Waals surface area contributed by atoms with Crippen molar-refractivity contribution in [2.45, 2.75) is 70.8 Å². The monoisotopic (exact) mass is 522 g/mol. The second-order valence-electron chi connectivity index (χ2n) is 9.65. The number of para-hydroxylation sites is 1. The first kappa shape index (κ1) is 29.6. The second kappa shape index (κ2) is 14.8. The van der Waals surface area contributed by atoms with Crippen molar-refractivity contribution < 1.29 is 9.47 Å². The van der Waals surface area contributed by atoms with Gasteiger partial charge in [-0.1, -0.05) is 44.0 Å². The molecule has 1 heterocycles. The summed E-state index contributed by atoms with van der Waals surface area (Å²) in [6, 6.07) is 13.9. The molecule has 0 saturated heterocycles. The Labute approximate surface area is 225 Å². The zero-order valence-electron chi connectivity index (χ0n) is 21.8. The molecule has 0 aromatic heterocycles. The van der Waals surface area contributed by atoms with Crippen molar-refractivity contribution in [2.75, 3.05) is 45.3 Å². The standard InChI is InChI=1S/C29H42N2O2.2ClH/c1-4-18-30(25-14-15-26-24(22-25)13-16-28(32-2)29(26)33-3)19-9-5-6-10-20-31-21-17-23-11-7-8-12-27(23)31;;/h7-8,11-13,16,25H,4-6,9-10,14-15,17-22H2,1-3H3;2*1H/t25-;;/m0../s1. The van der Waals surface area contributed by atoms with Gasteiger partial charge in [0, 0.05) is 30.4 Å². The molecule has 4 nitrogen and oxygen atoms in total. The minimum absolute atomic E-state index is 0. The summed E-state index contributed by atoms with van der Waals surface area (Å²) >= 11 is 0. The molecule has 4 rings (SSSR count). The minimum atomic E-state index is 0. The van der Waals surface area contributed by atoms with E-state index in [2.05, 4.69) is 53.1 Å². The molecule has 2 aromatic carbocycles. The van der Waals surface area contributed by atoms with Crippen molar-refractivity contribution in [2.24, 2.45) is 0 Å². The van der Waals surface area contributed by atoms with Gasteiger partial charge in [0.15, 0.2) is 11.5 Å². The van der Waals surface area contributed by atoms with Crippen LogP contribution >= 0.6 is 24.8 Å². The first-order chi connectivity index (χ1) is 16.2. The summed E-state index contributed by atoms with van der Waals surface area (Å²) in [5.41, 5.74) is 5.79. The highest BCUT2D eigenvalue weighted by atomic mass is 35.5. The Morgan fingerprint density at radius 2 is 1.69 bits per heavy atom. The van der Waals surface area contributed by atoms with Crippen molar-refractivity contribution >= 4 is 30.5 Å². The summed E-state index contributed by atoms with van der Waals surface area (Å²) in [5, 5.41) is 0. The van der Waals surface area contributed by atoms with Crippen LogP contribution in [0.1, 0.15) is 62.1 Å². The fraction of sp³-hybridized carbons (Fsp3) is 0.586. The van der Waals surface area contributed by atoms with Crippen molar-refractivity contribution in [1.29, 1.82) is 0 Å². The van der Waals surface area contributed by atoms with E-state index in [1.54, 1.807) is 14.2 Å². The van der Waals surface area contributed by atoms with E-state index in [0.717, 1.165) is 24.3 Å². The number of nitrogens with zero attached hydrogens (tertiary/aromatic N) is 2.